The van der Waals surface area contributed by atoms with E-state index in [1.807, 2.05) is 0 Å². The van der Waals surface area contributed by atoms with E-state index in [4.69, 9.17) is 9.47 Å². The van der Waals surface area contributed by atoms with E-state index in [2.05, 4.69) is 17.6 Å². The van der Waals surface area contributed by atoms with Gasteiger partial charge in [0.1, 0.15) is 11.6 Å². The Morgan fingerprint density at radius 2 is 2.14 bits per heavy atom. The first-order valence-electron chi connectivity index (χ1n) is 7.05. The van der Waals surface area contributed by atoms with Crippen LogP contribution in [0.1, 0.15) is 18.9 Å². The highest BCUT2D eigenvalue weighted by molar-refractivity contribution is 5.77. The van der Waals surface area contributed by atoms with Gasteiger partial charge in [0, 0.05) is 25.8 Å². The third-order valence-electron chi connectivity index (χ3n) is 2.75. The van der Waals surface area contributed by atoms with Crippen molar-refractivity contribution in [3.63, 3.8) is 0 Å². The highest BCUT2D eigenvalue weighted by Crippen LogP contribution is 2.19. The second-order valence-electron chi connectivity index (χ2n) is 4.56. The van der Waals surface area contributed by atoms with Crippen molar-refractivity contribution < 1.29 is 18.7 Å². The van der Waals surface area contributed by atoms with Gasteiger partial charge in [0.05, 0.1) is 6.61 Å². The molecule has 1 aromatic carbocycles. The van der Waals surface area contributed by atoms with Crippen molar-refractivity contribution in [2.45, 2.75) is 19.9 Å². The second kappa shape index (κ2) is 10.1. The number of amides is 1. The minimum Gasteiger partial charge on any atom is -0.483 e. The number of hydrogen-bond acceptors (Lipinski definition) is 4. The average molecular weight is 298 g/mol. The van der Waals surface area contributed by atoms with E-state index >= 15 is 0 Å². The summed E-state index contributed by atoms with van der Waals surface area (Å²) in [6.45, 7) is 4.19. The Bertz CT molecular complexity index is 441. The molecule has 0 aliphatic carbocycles. The van der Waals surface area contributed by atoms with Crippen LogP contribution in [-0.2, 0) is 16.1 Å². The molecule has 5 nitrogen and oxygen atoms in total. The van der Waals surface area contributed by atoms with Crippen molar-refractivity contribution in [2.24, 2.45) is 0 Å². The van der Waals surface area contributed by atoms with Crippen molar-refractivity contribution >= 4 is 5.91 Å². The molecule has 0 saturated carbocycles. The van der Waals surface area contributed by atoms with Crippen LogP contribution in [0.5, 0.6) is 5.75 Å². The quantitative estimate of drug-likeness (QED) is 0.642. The summed E-state index contributed by atoms with van der Waals surface area (Å²) in [6, 6.07) is 4.28. The van der Waals surface area contributed by atoms with E-state index in [1.54, 1.807) is 13.2 Å². The molecule has 0 spiro atoms. The molecule has 2 N–H and O–H groups in total. The summed E-state index contributed by atoms with van der Waals surface area (Å²) in [6.07, 6.45) is 0.993. The molecule has 0 radical (unpaired) electrons. The molecule has 0 bridgehead atoms. The van der Waals surface area contributed by atoms with Gasteiger partial charge in [0.25, 0.3) is 5.91 Å². The van der Waals surface area contributed by atoms with E-state index in [0.717, 1.165) is 13.0 Å². The number of carbonyl (C=O) groups is 1. The molecule has 0 heterocycles. The van der Waals surface area contributed by atoms with E-state index < -0.39 is 0 Å². The van der Waals surface area contributed by atoms with Gasteiger partial charge in [-0.25, -0.2) is 4.39 Å². The molecule has 0 atom stereocenters. The molecule has 6 heteroatoms. The smallest absolute Gasteiger partial charge is 0.258 e. The fourth-order valence-corrected chi connectivity index (χ4v) is 1.71. The molecular weight excluding hydrogens is 275 g/mol. The maximum Gasteiger partial charge on any atom is 0.258 e. The van der Waals surface area contributed by atoms with Crippen LogP contribution < -0.4 is 15.4 Å². The van der Waals surface area contributed by atoms with Gasteiger partial charge in [-0.3, -0.25) is 4.79 Å². The molecule has 1 amide bonds. The zero-order valence-corrected chi connectivity index (χ0v) is 12.6. The maximum absolute atomic E-state index is 13.3. The number of carbonyl (C=O) groups excluding carboxylic acids is 1. The summed E-state index contributed by atoms with van der Waals surface area (Å²) in [5.74, 6) is -0.0362. The first-order chi connectivity index (χ1) is 10.2. The lowest BCUT2D eigenvalue weighted by molar-refractivity contribution is -0.123. The van der Waals surface area contributed by atoms with E-state index in [1.165, 1.54) is 12.1 Å². The summed E-state index contributed by atoms with van der Waals surface area (Å²) in [5.41, 5.74) is 0.702. The number of hydrogen-bond donors (Lipinski definition) is 2. The molecule has 0 fully saturated rings. The standard InChI is InChI=1S/C15H23FN2O3/c1-3-6-17-10-12-9-13(16)4-5-14(12)21-11-15(19)18-7-8-20-2/h4-5,9,17H,3,6-8,10-11H2,1-2H3,(H,18,19). The zero-order valence-electron chi connectivity index (χ0n) is 12.6. The second-order valence-corrected chi connectivity index (χ2v) is 4.56. The van der Waals surface area contributed by atoms with Crippen LogP contribution in [0.15, 0.2) is 18.2 Å². The molecule has 118 valence electrons. The van der Waals surface area contributed by atoms with Gasteiger partial charge < -0.3 is 20.1 Å². The summed E-state index contributed by atoms with van der Waals surface area (Å²) in [5, 5.41) is 5.84. The van der Waals surface area contributed by atoms with Gasteiger partial charge in [0.15, 0.2) is 6.61 Å². The van der Waals surface area contributed by atoms with Crippen molar-refractivity contribution in [2.75, 3.05) is 33.4 Å². The average Bonchev–Trinajstić information content (AvgIpc) is 2.47. The van der Waals surface area contributed by atoms with Crippen molar-refractivity contribution in [1.82, 2.24) is 10.6 Å². The van der Waals surface area contributed by atoms with Gasteiger partial charge >= 0.3 is 0 Å². The fourth-order valence-electron chi connectivity index (χ4n) is 1.71. The maximum atomic E-state index is 13.3. The Balaban J connectivity index is 2.50. The van der Waals surface area contributed by atoms with Gasteiger partial charge in [0.2, 0.25) is 0 Å². The molecule has 0 aromatic heterocycles. The van der Waals surface area contributed by atoms with Gasteiger partial charge in [-0.15, -0.1) is 0 Å². The topological polar surface area (TPSA) is 59.6 Å². The van der Waals surface area contributed by atoms with Gasteiger partial charge in [-0.1, -0.05) is 6.92 Å². The minimum atomic E-state index is -0.319. The van der Waals surface area contributed by atoms with Crippen LogP contribution in [-0.4, -0.2) is 39.3 Å². The Hall–Kier alpha value is -1.66. The van der Waals surface area contributed by atoms with Crippen LogP contribution in [0, 0.1) is 5.82 Å². The molecule has 21 heavy (non-hydrogen) atoms. The normalized spacial score (nSPS) is 10.4. The molecule has 1 rings (SSSR count). The first kappa shape index (κ1) is 17.4. The highest BCUT2D eigenvalue weighted by atomic mass is 19.1. The lowest BCUT2D eigenvalue weighted by Gasteiger charge is -2.12. The molecule has 0 aliphatic rings. The van der Waals surface area contributed by atoms with Crippen LogP contribution in [0.4, 0.5) is 4.39 Å². The molecule has 0 unspecified atom stereocenters. The lowest BCUT2D eigenvalue weighted by atomic mass is 10.2. The predicted octanol–water partition coefficient (Wildman–Crippen LogP) is 1.47. The zero-order chi connectivity index (χ0) is 15.5. The summed E-state index contributed by atoms with van der Waals surface area (Å²) < 4.78 is 23.6. The summed E-state index contributed by atoms with van der Waals surface area (Å²) >= 11 is 0. The third kappa shape index (κ3) is 7.06. The molecule has 1 aromatic rings. The van der Waals surface area contributed by atoms with E-state index in [0.29, 0.717) is 31.0 Å². The van der Waals surface area contributed by atoms with Gasteiger partial charge in [-0.2, -0.15) is 0 Å². The van der Waals surface area contributed by atoms with E-state index in [-0.39, 0.29) is 18.3 Å². The Morgan fingerprint density at radius 1 is 1.33 bits per heavy atom. The summed E-state index contributed by atoms with van der Waals surface area (Å²) in [4.78, 5) is 11.5. The molecule has 0 saturated heterocycles. The number of benzene rings is 1. The SMILES string of the molecule is CCCNCc1cc(F)ccc1OCC(=O)NCCOC. The Labute approximate surface area is 124 Å². The number of nitrogens with one attached hydrogen (secondary N) is 2. The third-order valence-corrected chi connectivity index (χ3v) is 2.75. The van der Waals surface area contributed by atoms with Crippen molar-refractivity contribution in [3.05, 3.63) is 29.6 Å². The largest absolute Gasteiger partial charge is 0.483 e. The Kier molecular flexibility index (Phi) is 8.38. The molecule has 0 aliphatic heterocycles. The number of ether oxygens (including phenoxy) is 2. The predicted molar refractivity (Wildman–Crippen MR) is 78.8 cm³/mol. The monoisotopic (exact) mass is 298 g/mol. The van der Waals surface area contributed by atoms with E-state index in [9.17, 15) is 9.18 Å². The Morgan fingerprint density at radius 3 is 2.86 bits per heavy atom. The highest BCUT2D eigenvalue weighted by Gasteiger charge is 2.08. The van der Waals surface area contributed by atoms with Crippen molar-refractivity contribution in [1.29, 1.82) is 0 Å². The molecular formula is C15H23FN2O3. The lowest BCUT2D eigenvalue weighted by Crippen LogP contribution is -2.31. The number of halogens is 1. The van der Waals surface area contributed by atoms with Crippen LogP contribution in [0.25, 0.3) is 0 Å². The first-order valence-corrected chi connectivity index (χ1v) is 7.05. The fraction of sp³-hybridized carbons (Fsp3) is 0.533. The number of methoxy groups -OCH3 is 1. The summed E-state index contributed by atoms with van der Waals surface area (Å²) in [7, 11) is 1.57. The van der Waals surface area contributed by atoms with Crippen LogP contribution >= 0.6 is 0 Å². The van der Waals surface area contributed by atoms with Crippen LogP contribution in [0.2, 0.25) is 0 Å². The van der Waals surface area contributed by atoms with Crippen molar-refractivity contribution in [3.8, 4) is 5.75 Å². The minimum absolute atomic E-state index is 0.101. The van der Waals surface area contributed by atoms with Gasteiger partial charge in [-0.05, 0) is 31.2 Å². The number of rotatable bonds is 10. The van der Waals surface area contributed by atoms with Crippen LogP contribution in [0.3, 0.4) is 0 Å².